The van der Waals surface area contributed by atoms with Gasteiger partial charge in [-0.1, -0.05) is 6.42 Å². The second-order valence-electron chi connectivity index (χ2n) is 5.02. The molecular weight excluding hydrogens is 198 g/mol. The normalized spacial score (nSPS) is 21.9. The van der Waals surface area contributed by atoms with Gasteiger partial charge in [0, 0.05) is 13.1 Å². The maximum atomic E-state index is 4.28. The Labute approximate surface area is 96.9 Å². The average Bonchev–Trinajstić information content (AvgIpc) is 2.28. The molecule has 0 atom stereocenters. The smallest absolute Gasteiger partial charge is 0.151 e. The second-order valence-corrected chi connectivity index (χ2v) is 5.02. The Kier molecular flexibility index (Phi) is 2.77. The van der Waals surface area contributed by atoms with Gasteiger partial charge in [0.2, 0.25) is 0 Å². The fraction of sp³-hybridized carbons (Fsp3) is 0.692. The highest BCUT2D eigenvalue weighted by Gasteiger charge is 2.21. The van der Waals surface area contributed by atoms with E-state index in [-0.39, 0.29) is 0 Å². The number of piperidine rings is 1. The minimum atomic E-state index is 0.763. The summed E-state index contributed by atoms with van der Waals surface area (Å²) in [5, 5.41) is 8.45. The van der Waals surface area contributed by atoms with Crippen LogP contribution in [0.15, 0.2) is 12.3 Å². The van der Waals surface area contributed by atoms with Crippen molar-refractivity contribution in [3.05, 3.63) is 17.8 Å². The summed E-state index contributed by atoms with van der Waals surface area (Å²) >= 11 is 0. The Morgan fingerprint density at radius 1 is 1.06 bits per heavy atom. The van der Waals surface area contributed by atoms with E-state index in [0.717, 1.165) is 24.8 Å². The largest absolute Gasteiger partial charge is 0.355 e. The molecule has 1 saturated carbocycles. The van der Waals surface area contributed by atoms with Crippen molar-refractivity contribution in [2.24, 2.45) is 0 Å². The Morgan fingerprint density at radius 2 is 1.88 bits per heavy atom. The molecule has 3 nitrogen and oxygen atoms in total. The lowest BCUT2D eigenvalue weighted by Gasteiger charge is -2.29. The maximum Gasteiger partial charge on any atom is 0.151 e. The van der Waals surface area contributed by atoms with Gasteiger partial charge in [-0.15, -0.1) is 5.10 Å². The molecule has 0 unspecified atom stereocenters. The van der Waals surface area contributed by atoms with Gasteiger partial charge in [0.05, 0.1) is 6.20 Å². The van der Waals surface area contributed by atoms with E-state index in [4.69, 9.17) is 0 Å². The fourth-order valence-corrected chi connectivity index (χ4v) is 2.61. The molecule has 0 radical (unpaired) electrons. The quantitative estimate of drug-likeness (QED) is 0.762. The summed E-state index contributed by atoms with van der Waals surface area (Å²) in [6.45, 7) is 2.31. The molecule has 1 aliphatic heterocycles. The fourth-order valence-electron chi connectivity index (χ4n) is 2.61. The van der Waals surface area contributed by atoms with Crippen molar-refractivity contribution in [1.29, 1.82) is 0 Å². The zero-order valence-corrected chi connectivity index (χ0v) is 9.73. The van der Waals surface area contributed by atoms with Crippen molar-refractivity contribution >= 4 is 5.82 Å². The van der Waals surface area contributed by atoms with Crippen molar-refractivity contribution in [3.63, 3.8) is 0 Å². The maximum absolute atomic E-state index is 4.28. The minimum absolute atomic E-state index is 0.763. The molecule has 2 heterocycles. The monoisotopic (exact) mass is 217 g/mol. The van der Waals surface area contributed by atoms with Gasteiger partial charge < -0.3 is 4.90 Å². The van der Waals surface area contributed by atoms with E-state index in [0.29, 0.717) is 0 Å². The topological polar surface area (TPSA) is 29.0 Å². The van der Waals surface area contributed by atoms with Crippen molar-refractivity contribution in [2.45, 2.75) is 44.4 Å². The lowest BCUT2D eigenvalue weighted by atomic mass is 9.81. The molecule has 1 aromatic heterocycles. The number of hydrogen-bond acceptors (Lipinski definition) is 3. The van der Waals surface area contributed by atoms with Crippen molar-refractivity contribution < 1.29 is 0 Å². The predicted molar refractivity (Wildman–Crippen MR) is 64.7 cm³/mol. The van der Waals surface area contributed by atoms with Crippen LogP contribution in [0.2, 0.25) is 0 Å². The van der Waals surface area contributed by atoms with Crippen LogP contribution >= 0.6 is 0 Å². The number of anilines is 1. The third kappa shape index (κ3) is 1.91. The summed E-state index contributed by atoms with van der Waals surface area (Å²) in [6, 6.07) is 2.27. The molecule has 16 heavy (non-hydrogen) atoms. The molecule has 0 amide bonds. The summed E-state index contributed by atoms with van der Waals surface area (Å²) in [5.41, 5.74) is 1.40. The number of rotatable bonds is 2. The van der Waals surface area contributed by atoms with Crippen molar-refractivity contribution in [1.82, 2.24) is 10.2 Å². The van der Waals surface area contributed by atoms with E-state index >= 15 is 0 Å². The van der Waals surface area contributed by atoms with E-state index in [1.807, 2.05) is 6.20 Å². The lowest BCUT2D eigenvalue weighted by Crippen LogP contribution is -2.30. The zero-order valence-electron chi connectivity index (χ0n) is 9.73. The molecular formula is C13H19N3. The number of aromatic nitrogens is 2. The summed E-state index contributed by atoms with van der Waals surface area (Å²) in [4.78, 5) is 2.39. The van der Waals surface area contributed by atoms with Gasteiger partial charge in [-0.2, -0.15) is 5.10 Å². The van der Waals surface area contributed by atoms with E-state index in [9.17, 15) is 0 Å². The number of hydrogen-bond donors (Lipinski definition) is 0. The Hall–Kier alpha value is -1.12. The first-order valence-electron chi connectivity index (χ1n) is 6.51. The molecule has 2 aliphatic rings. The Bertz CT molecular complexity index is 354. The zero-order chi connectivity index (χ0) is 10.8. The third-order valence-electron chi connectivity index (χ3n) is 3.92. The van der Waals surface area contributed by atoms with Crippen molar-refractivity contribution in [2.75, 3.05) is 18.0 Å². The van der Waals surface area contributed by atoms with Crippen LogP contribution < -0.4 is 4.90 Å². The van der Waals surface area contributed by atoms with E-state index in [2.05, 4.69) is 21.2 Å². The molecule has 86 valence electrons. The first-order chi connectivity index (χ1) is 7.93. The first kappa shape index (κ1) is 10.1. The standard InChI is InChI=1S/C13H19N3/c1-2-7-16(8-3-1)13-9-12(10-14-15-13)11-5-4-6-11/h9-11H,1-8H2. The van der Waals surface area contributed by atoms with Gasteiger partial charge in [-0.3, -0.25) is 0 Å². The molecule has 1 saturated heterocycles. The lowest BCUT2D eigenvalue weighted by molar-refractivity contribution is 0.418. The first-order valence-corrected chi connectivity index (χ1v) is 6.51. The Balaban J connectivity index is 1.77. The summed E-state index contributed by atoms with van der Waals surface area (Å²) in [5.74, 6) is 1.86. The number of nitrogens with zero attached hydrogens (tertiary/aromatic N) is 3. The van der Waals surface area contributed by atoms with Crippen LogP contribution in [0.25, 0.3) is 0 Å². The second kappa shape index (κ2) is 4.40. The SMILES string of the molecule is c1nnc(N2CCCCC2)cc1C1CCC1. The molecule has 0 N–H and O–H groups in total. The molecule has 0 spiro atoms. The highest BCUT2D eigenvalue weighted by molar-refractivity contribution is 5.41. The minimum Gasteiger partial charge on any atom is -0.355 e. The molecule has 1 aromatic rings. The van der Waals surface area contributed by atoms with Crippen LogP contribution in [-0.2, 0) is 0 Å². The van der Waals surface area contributed by atoms with Gasteiger partial charge in [-0.25, -0.2) is 0 Å². The van der Waals surface area contributed by atoms with Crippen molar-refractivity contribution in [3.8, 4) is 0 Å². The van der Waals surface area contributed by atoms with E-state index in [1.54, 1.807) is 0 Å². The summed E-state index contributed by atoms with van der Waals surface area (Å²) < 4.78 is 0. The summed E-state index contributed by atoms with van der Waals surface area (Å²) in [6.07, 6.45) is 9.98. The van der Waals surface area contributed by atoms with Gasteiger partial charge >= 0.3 is 0 Å². The van der Waals surface area contributed by atoms with Gasteiger partial charge in [0.1, 0.15) is 0 Å². The summed E-state index contributed by atoms with van der Waals surface area (Å²) in [7, 11) is 0. The predicted octanol–water partition coefficient (Wildman–Crippen LogP) is 2.73. The van der Waals surface area contributed by atoms with E-state index < -0.39 is 0 Å². The molecule has 1 aliphatic carbocycles. The molecule has 3 rings (SSSR count). The van der Waals surface area contributed by atoms with Crippen LogP contribution in [-0.4, -0.2) is 23.3 Å². The molecule has 2 fully saturated rings. The highest BCUT2D eigenvalue weighted by Crippen LogP contribution is 2.36. The molecule has 0 bridgehead atoms. The highest BCUT2D eigenvalue weighted by atomic mass is 15.3. The van der Waals surface area contributed by atoms with Crippen LogP contribution in [0.3, 0.4) is 0 Å². The van der Waals surface area contributed by atoms with Crippen LogP contribution in [0.4, 0.5) is 5.82 Å². The molecule has 3 heteroatoms. The third-order valence-corrected chi connectivity index (χ3v) is 3.92. The van der Waals surface area contributed by atoms with Crippen LogP contribution in [0.1, 0.15) is 50.0 Å². The Morgan fingerprint density at radius 3 is 2.56 bits per heavy atom. The van der Waals surface area contributed by atoms with Crippen LogP contribution in [0, 0.1) is 0 Å². The molecule has 0 aromatic carbocycles. The average molecular weight is 217 g/mol. The van der Waals surface area contributed by atoms with Crippen LogP contribution in [0.5, 0.6) is 0 Å². The van der Waals surface area contributed by atoms with Gasteiger partial charge in [0.15, 0.2) is 5.82 Å². The van der Waals surface area contributed by atoms with Gasteiger partial charge in [-0.05, 0) is 49.7 Å². The van der Waals surface area contributed by atoms with Gasteiger partial charge in [0.25, 0.3) is 0 Å². The van der Waals surface area contributed by atoms with E-state index in [1.165, 1.54) is 44.1 Å².